The van der Waals surface area contributed by atoms with E-state index < -0.39 is 28.3 Å². The second kappa shape index (κ2) is 7.81. The van der Waals surface area contributed by atoms with Crippen molar-refractivity contribution in [1.29, 1.82) is 0 Å². The highest BCUT2D eigenvalue weighted by Crippen LogP contribution is 2.36. The molecule has 2 aromatic carbocycles. The molecule has 0 spiro atoms. The van der Waals surface area contributed by atoms with Gasteiger partial charge in [-0.05, 0) is 35.9 Å². The van der Waals surface area contributed by atoms with Crippen LogP contribution in [0.15, 0.2) is 53.4 Å². The second-order valence-corrected chi connectivity index (χ2v) is 8.58. The highest BCUT2D eigenvalue weighted by molar-refractivity contribution is 7.89. The van der Waals surface area contributed by atoms with Gasteiger partial charge < -0.3 is 4.74 Å². The fourth-order valence-electron chi connectivity index (χ4n) is 2.97. The van der Waals surface area contributed by atoms with Gasteiger partial charge in [0.1, 0.15) is 15.8 Å². The Morgan fingerprint density at radius 1 is 1.10 bits per heavy atom. The molecule has 0 amide bonds. The van der Waals surface area contributed by atoms with E-state index >= 15 is 0 Å². The Labute approximate surface area is 170 Å². The molecule has 3 aromatic rings. The summed E-state index contributed by atoms with van der Waals surface area (Å²) in [6, 6.07) is 10.7. The molecule has 0 saturated heterocycles. The number of halogens is 4. The van der Waals surface area contributed by atoms with E-state index in [0.717, 1.165) is 10.4 Å². The molecular formula is C19H16ClF3N2O3S. The van der Waals surface area contributed by atoms with Crippen LogP contribution >= 0.6 is 11.6 Å². The SMILES string of the molecule is COc1ccc2nc(Cl)ccc2c1S(=O)(=O)N(C)Cc1ccccc1C(F)(F)F. The minimum absolute atomic E-state index is 0.0533. The summed E-state index contributed by atoms with van der Waals surface area (Å²) in [6.07, 6.45) is -4.60. The maximum atomic E-state index is 13.3. The van der Waals surface area contributed by atoms with Crippen LogP contribution in [-0.4, -0.2) is 31.9 Å². The van der Waals surface area contributed by atoms with Gasteiger partial charge in [0.15, 0.2) is 0 Å². The van der Waals surface area contributed by atoms with Gasteiger partial charge in [-0.3, -0.25) is 0 Å². The molecular weight excluding hydrogens is 429 g/mol. The van der Waals surface area contributed by atoms with E-state index in [0.29, 0.717) is 5.52 Å². The first-order valence-corrected chi connectivity index (χ1v) is 10.1. The Morgan fingerprint density at radius 3 is 2.45 bits per heavy atom. The lowest BCUT2D eigenvalue weighted by atomic mass is 10.1. The molecule has 0 radical (unpaired) electrons. The Bertz CT molecular complexity index is 1170. The molecule has 0 atom stereocenters. The van der Waals surface area contributed by atoms with Crippen molar-refractivity contribution in [3.8, 4) is 5.75 Å². The third-order valence-corrected chi connectivity index (χ3v) is 6.45. The van der Waals surface area contributed by atoms with Crippen molar-refractivity contribution >= 4 is 32.5 Å². The number of sulfonamides is 1. The first kappa shape index (κ1) is 21.4. The van der Waals surface area contributed by atoms with Crippen molar-refractivity contribution in [3.63, 3.8) is 0 Å². The van der Waals surface area contributed by atoms with Crippen molar-refractivity contribution in [1.82, 2.24) is 9.29 Å². The molecule has 1 heterocycles. The largest absolute Gasteiger partial charge is 0.495 e. The number of benzene rings is 2. The third-order valence-electron chi connectivity index (χ3n) is 4.36. The van der Waals surface area contributed by atoms with E-state index in [1.54, 1.807) is 6.07 Å². The fourth-order valence-corrected chi connectivity index (χ4v) is 4.61. The number of hydrogen-bond donors (Lipinski definition) is 0. The average molecular weight is 445 g/mol. The number of methoxy groups -OCH3 is 1. The molecule has 0 aliphatic carbocycles. The highest BCUT2D eigenvalue weighted by atomic mass is 35.5. The lowest BCUT2D eigenvalue weighted by molar-refractivity contribution is -0.138. The average Bonchev–Trinajstić information content (AvgIpc) is 2.66. The number of ether oxygens (including phenoxy) is 1. The van der Waals surface area contributed by atoms with E-state index in [1.165, 1.54) is 50.6 Å². The summed E-state index contributed by atoms with van der Waals surface area (Å²) in [5.41, 5.74) is -0.729. The van der Waals surface area contributed by atoms with Crippen LogP contribution in [-0.2, 0) is 22.7 Å². The minimum atomic E-state index is -4.60. The molecule has 10 heteroatoms. The maximum Gasteiger partial charge on any atom is 0.416 e. The van der Waals surface area contributed by atoms with Crippen LogP contribution in [0.4, 0.5) is 13.2 Å². The number of alkyl halides is 3. The molecule has 5 nitrogen and oxygen atoms in total. The van der Waals surface area contributed by atoms with Crippen LogP contribution in [0.3, 0.4) is 0 Å². The topological polar surface area (TPSA) is 59.5 Å². The van der Waals surface area contributed by atoms with Gasteiger partial charge in [-0.15, -0.1) is 0 Å². The number of aromatic nitrogens is 1. The molecule has 0 N–H and O–H groups in total. The first-order chi connectivity index (χ1) is 13.6. The Morgan fingerprint density at radius 2 is 1.79 bits per heavy atom. The summed E-state index contributed by atoms with van der Waals surface area (Å²) in [6.45, 7) is -0.474. The number of hydrogen-bond acceptors (Lipinski definition) is 4. The summed E-state index contributed by atoms with van der Waals surface area (Å²) in [4.78, 5) is 3.91. The van der Waals surface area contributed by atoms with E-state index in [2.05, 4.69) is 4.98 Å². The number of nitrogens with zero attached hydrogens (tertiary/aromatic N) is 2. The lowest BCUT2D eigenvalue weighted by Crippen LogP contribution is -2.28. The number of pyridine rings is 1. The smallest absolute Gasteiger partial charge is 0.416 e. The van der Waals surface area contributed by atoms with Gasteiger partial charge in [0.2, 0.25) is 10.0 Å². The zero-order chi connectivity index (χ0) is 21.4. The summed E-state index contributed by atoms with van der Waals surface area (Å²) in [5, 5.41) is 0.434. The monoisotopic (exact) mass is 444 g/mol. The first-order valence-electron chi connectivity index (χ1n) is 8.30. The summed E-state index contributed by atoms with van der Waals surface area (Å²) >= 11 is 5.88. The summed E-state index contributed by atoms with van der Waals surface area (Å²) in [5.74, 6) is 0.0533. The van der Waals surface area contributed by atoms with Gasteiger partial charge in [-0.1, -0.05) is 29.8 Å². The van der Waals surface area contributed by atoms with Crippen LogP contribution in [0.1, 0.15) is 11.1 Å². The molecule has 29 heavy (non-hydrogen) atoms. The molecule has 3 rings (SSSR count). The van der Waals surface area contributed by atoms with Gasteiger partial charge in [0, 0.05) is 19.0 Å². The van der Waals surface area contributed by atoms with Crippen molar-refractivity contribution in [2.24, 2.45) is 0 Å². The predicted molar refractivity (Wildman–Crippen MR) is 103 cm³/mol. The number of rotatable bonds is 5. The summed E-state index contributed by atoms with van der Waals surface area (Å²) < 4.78 is 72.4. The van der Waals surface area contributed by atoms with Gasteiger partial charge in [-0.2, -0.15) is 17.5 Å². The molecule has 0 fully saturated rings. The third kappa shape index (κ3) is 4.17. The molecule has 154 valence electrons. The van der Waals surface area contributed by atoms with Crippen LogP contribution in [0.2, 0.25) is 5.15 Å². The van der Waals surface area contributed by atoms with E-state index in [1.807, 2.05) is 0 Å². The normalized spacial score (nSPS) is 12.5. The van der Waals surface area contributed by atoms with Gasteiger partial charge >= 0.3 is 6.18 Å². The zero-order valence-electron chi connectivity index (χ0n) is 15.4. The summed E-state index contributed by atoms with van der Waals surface area (Å²) in [7, 11) is -1.70. The Hall–Kier alpha value is -2.36. The van der Waals surface area contributed by atoms with Crippen LogP contribution < -0.4 is 4.74 Å². The fraction of sp³-hybridized carbons (Fsp3) is 0.211. The van der Waals surface area contributed by atoms with Crippen LogP contribution in [0, 0.1) is 0 Å². The van der Waals surface area contributed by atoms with E-state index in [4.69, 9.17) is 16.3 Å². The number of fused-ring (bicyclic) bond motifs is 1. The molecule has 0 bridgehead atoms. The Balaban J connectivity index is 2.11. The predicted octanol–water partition coefficient (Wildman–Crippen LogP) is 4.74. The van der Waals surface area contributed by atoms with Gasteiger partial charge in [0.05, 0.1) is 18.2 Å². The van der Waals surface area contributed by atoms with Gasteiger partial charge in [-0.25, -0.2) is 13.4 Å². The molecule has 1 aromatic heterocycles. The van der Waals surface area contributed by atoms with Crippen molar-refractivity contribution in [2.45, 2.75) is 17.6 Å². The zero-order valence-corrected chi connectivity index (χ0v) is 16.9. The van der Waals surface area contributed by atoms with E-state index in [9.17, 15) is 21.6 Å². The standard InChI is InChI=1S/C19H16ClF3N2O3S/c1-25(11-12-5-3-4-6-14(12)19(21,22)23)29(26,27)18-13-7-10-17(20)24-15(13)8-9-16(18)28-2/h3-10H,11H2,1-2H3. The van der Waals surface area contributed by atoms with Crippen LogP contribution in [0.5, 0.6) is 5.75 Å². The van der Waals surface area contributed by atoms with Crippen LogP contribution in [0.25, 0.3) is 10.9 Å². The quantitative estimate of drug-likeness (QED) is 0.533. The van der Waals surface area contributed by atoms with Gasteiger partial charge in [0.25, 0.3) is 0 Å². The second-order valence-electron chi connectivity index (χ2n) is 6.21. The van der Waals surface area contributed by atoms with Crippen molar-refractivity contribution in [3.05, 3.63) is 64.8 Å². The molecule has 0 aliphatic heterocycles. The van der Waals surface area contributed by atoms with Crippen molar-refractivity contribution < 1.29 is 26.3 Å². The highest BCUT2D eigenvalue weighted by Gasteiger charge is 2.35. The molecule has 0 saturated carbocycles. The molecule has 0 aliphatic rings. The maximum absolute atomic E-state index is 13.3. The molecule has 0 unspecified atom stereocenters. The van der Waals surface area contributed by atoms with Crippen molar-refractivity contribution in [2.75, 3.05) is 14.2 Å². The lowest BCUT2D eigenvalue weighted by Gasteiger charge is -2.22. The minimum Gasteiger partial charge on any atom is -0.495 e. The van der Waals surface area contributed by atoms with E-state index in [-0.39, 0.29) is 26.7 Å². The Kier molecular flexibility index (Phi) is 5.75.